The third kappa shape index (κ3) is 2.99. The molecule has 2 aliphatic heterocycles. The third-order valence-electron chi connectivity index (χ3n) is 4.69. The lowest BCUT2D eigenvalue weighted by atomic mass is 9.88. The quantitative estimate of drug-likeness (QED) is 0.740. The van der Waals surface area contributed by atoms with Crippen molar-refractivity contribution in [3.8, 4) is 0 Å². The summed E-state index contributed by atoms with van der Waals surface area (Å²) in [5.41, 5.74) is 6.43. The zero-order valence-electron chi connectivity index (χ0n) is 11.5. The first-order valence-electron chi connectivity index (χ1n) is 6.98. The average molecular weight is 240 g/mol. The largest absolute Gasteiger partial charge is 0.329 e. The SMILES string of the molecule is CN1CCN(C2(CN)CCCN(C)CC2)CC1. The van der Waals surface area contributed by atoms with Gasteiger partial charge in [-0.25, -0.2) is 0 Å². The molecule has 1 unspecified atom stereocenters. The lowest BCUT2D eigenvalue weighted by Crippen LogP contribution is -2.60. The highest BCUT2D eigenvalue weighted by Crippen LogP contribution is 2.28. The van der Waals surface area contributed by atoms with Crippen molar-refractivity contribution in [3.63, 3.8) is 0 Å². The third-order valence-corrected chi connectivity index (χ3v) is 4.69. The molecular formula is C13H28N4. The molecule has 2 N–H and O–H groups in total. The summed E-state index contributed by atoms with van der Waals surface area (Å²) < 4.78 is 0. The minimum Gasteiger partial charge on any atom is -0.329 e. The van der Waals surface area contributed by atoms with Crippen molar-refractivity contribution in [1.82, 2.24) is 14.7 Å². The molecule has 2 saturated heterocycles. The molecular weight excluding hydrogens is 212 g/mol. The molecule has 0 bridgehead atoms. The minimum absolute atomic E-state index is 0.284. The van der Waals surface area contributed by atoms with E-state index in [9.17, 15) is 0 Å². The summed E-state index contributed by atoms with van der Waals surface area (Å²) in [6, 6.07) is 0. The first kappa shape index (κ1) is 13.3. The summed E-state index contributed by atoms with van der Waals surface area (Å²) in [6.07, 6.45) is 3.81. The van der Waals surface area contributed by atoms with Gasteiger partial charge in [0.2, 0.25) is 0 Å². The van der Waals surface area contributed by atoms with Crippen LogP contribution in [-0.4, -0.2) is 80.1 Å². The number of rotatable bonds is 2. The molecule has 0 aromatic carbocycles. The Morgan fingerprint density at radius 2 is 1.53 bits per heavy atom. The van der Waals surface area contributed by atoms with Crippen molar-refractivity contribution in [3.05, 3.63) is 0 Å². The topological polar surface area (TPSA) is 35.7 Å². The fourth-order valence-electron chi connectivity index (χ4n) is 3.24. The number of likely N-dealkylation sites (N-methyl/N-ethyl adjacent to an activating group) is 1. The molecule has 0 saturated carbocycles. The van der Waals surface area contributed by atoms with Crippen LogP contribution in [0.1, 0.15) is 19.3 Å². The van der Waals surface area contributed by atoms with E-state index in [1.54, 1.807) is 0 Å². The Kier molecular flexibility index (Phi) is 4.42. The van der Waals surface area contributed by atoms with Gasteiger partial charge in [-0.2, -0.15) is 0 Å². The van der Waals surface area contributed by atoms with E-state index in [1.807, 2.05) is 0 Å². The predicted octanol–water partition coefficient (Wildman–Crippen LogP) is 0.0470. The maximum atomic E-state index is 6.14. The van der Waals surface area contributed by atoms with Gasteiger partial charge < -0.3 is 15.5 Å². The summed E-state index contributed by atoms with van der Waals surface area (Å²) >= 11 is 0. The Morgan fingerprint density at radius 3 is 2.18 bits per heavy atom. The van der Waals surface area contributed by atoms with Crippen molar-refractivity contribution >= 4 is 0 Å². The van der Waals surface area contributed by atoms with Gasteiger partial charge >= 0.3 is 0 Å². The summed E-state index contributed by atoms with van der Waals surface area (Å²) in [7, 11) is 4.45. The maximum Gasteiger partial charge on any atom is 0.0345 e. The first-order chi connectivity index (χ1) is 8.16. The van der Waals surface area contributed by atoms with Crippen molar-refractivity contribution < 1.29 is 0 Å². The highest BCUT2D eigenvalue weighted by atomic mass is 15.3. The Hall–Kier alpha value is -0.160. The normalized spacial score (nSPS) is 34.8. The van der Waals surface area contributed by atoms with Crippen molar-refractivity contribution in [2.45, 2.75) is 24.8 Å². The molecule has 0 aliphatic carbocycles. The first-order valence-corrected chi connectivity index (χ1v) is 6.98. The molecule has 0 amide bonds. The van der Waals surface area contributed by atoms with Crippen LogP contribution in [0.5, 0.6) is 0 Å². The van der Waals surface area contributed by atoms with Crippen molar-refractivity contribution in [1.29, 1.82) is 0 Å². The van der Waals surface area contributed by atoms with E-state index in [4.69, 9.17) is 5.73 Å². The van der Waals surface area contributed by atoms with Gasteiger partial charge in [-0.05, 0) is 46.4 Å². The fourth-order valence-corrected chi connectivity index (χ4v) is 3.24. The number of hydrogen-bond donors (Lipinski definition) is 1. The molecule has 0 aromatic heterocycles. The monoisotopic (exact) mass is 240 g/mol. The number of nitrogens with two attached hydrogens (primary N) is 1. The van der Waals surface area contributed by atoms with E-state index in [-0.39, 0.29) is 5.54 Å². The van der Waals surface area contributed by atoms with Crippen LogP contribution in [0, 0.1) is 0 Å². The van der Waals surface area contributed by atoms with Crippen LogP contribution < -0.4 is 5.73 Å². The van der Waals surface area contributed by atoms with Crippen molar-refractivity contribution in [2.24, 2.45) is 5.73 Å². The second kappa shape index (κ2) is 5.65. The molecule has 4 heteroatoms. The average Bonchev–Trinajstić information content (AvgIpc) is 2.53. The summed E-state index contributed by atoms with van der Waals surface area (Å²) in [5, 5.41) is 0. The summed E-state index contributed by atoms with van der Waals surface area (Å²) in [5.74, 6) is 0. The maximum absolute atomic E-state index is 6.14. The fraction of sp³-hybridized carbons (Fsp3) is 1.00. The summed E-state index contributed by atoms with van der Waals surface area (Å²) in [6.45, 7) is 8.02. The number of likely N-dealkylation sites (tertiary alicyclic amines) is 1. The molecule has 1 atom stereocenters. The Balaban J connectivity index is 2.02. The van der Waals surface area contributed by atoms with Crippen LogP contribution in [0.15, 0.2) is 0 Å². The van der Waals surface area contributed by atoms with E-state index >= 15 is 0 Å². The molecule has 0 radical (unpaired) electrons. The highest BCUT2D eigenvalue weighted by molar-refractivity contribution is 4.95. The van der Waals surface area contributed by atoms with Gasteiger partial charge in [-0.1, -0.05) is 0 Å². The lowest BCUT2D eigenvalue weighted by molar-refractivity contribution is 0.0345. The second-order valence-corrected chi connectivity index (χ2v) is 5.88. The highest BCUT2D eigenvalue weighted by Gasteiger charge is 2.37. The molecule has 2 aliphatic rings. The van der Waals surface area contributed by atoms with Crippen LogP contribution >= 0.6 is 0 Å². The van der Waals surface area contributed by atoms with E-state index in [2.05, 4.69) is 28.8 Å². The number of hydrogen-bond acceptors (Lipinski definition) is 4. The number of piperazine rings is 1. The van der Waals surface area contributed by atoms with Crippen LogP contribution in [-0.2, 0) is 0 Å². The molecule has 0 spiro atoms. The van der Waals surface area contributed by atoms with Gasteiger partial charge in [0.25, 0.3) is 0 Å². The van der Waals surface area contributed by atoms with Gasteiger partial charge in [0.1, 0.15) is 0 Å². The molecule has 2 heterocycles. The Bertz CT molecular complexity index is 238. The van der Waals surface area contributed by atoms with Gasteiger partial charge in [-0.3, -0.25) is 4.90 Å². The van der Waals surface area contributed by atoms with Crippen LogP contribution in [0.2, 0.25) is 0 Å². The van der Waals surface area contributed by atoms with Crippen LogP contribution in [0.25, 0.3) is 0 Å². The van der Waals surface area contributed by atoms with Crippen molar-refractivity contribution in [2.75, 3.05) is 59.9 Å². The zero-order valence-corrected chi connectivity index (χ0v) is 11.5. The van der Waals surface area contributed by atoms with Gasteiger partial charge in [0.05, 0.1) is 0 Å². The minimum atomic E-state index is 0.284. The Morgan fingerprint density at radius 1 is 0.882 bits per heavy atom. The Labute approximate surface area is 106 Å². The second-order valence-electron chi connectivity index (χ2n) is 5.88. The molecule has 17 heavy (non-hydrogen) atoms. The van der Waals surface area contributed by atoms with E-state index in [0.29, 0.717) is 0 Å². The van der Waals surface area contributed by atoms with E-state index in [0.717, 1.165) is 6.54 Å². The standard InChI is InChI=1S/C13H28N4/c1-15-6-3-4-13(12-14,5-7-15)17-10-8-16(2)9-11-17/h3-12,14H2,1-2H3. The molecule has 2 rings (SSSR count). The van der Waals surface area contributed by atoms with Crippen LogP contribution in [0.4, 0.5) is 0 Å². The van der Waals surface area contributed by atoms with Gasteiger partial charge in [-0.15, -0.1) is 0 Å². The van der Waals surface area contributed by atoms with Crippen LogP contribution in [0.3, 0.4) is 0 Å². The number of nitrogens with zero attached hydrogens (tertiary/aromatic N) is 3. The van der Waals surface area contributed by atoms with Gasteiger partial charge in [0, 0.05) is 38.3 Å². The smallest absolute Gasteiger partial charge is 0.0345 e. The zero-order chi connectivity index (χ0) is 12.3. The molecule has 4 nitrogen and oxygen atoms in total. The molecule has 0 aromatic rings. The van der Waals surface area contributed by atoms with E-state index < -0.39 is 0 Å². The van der Waals surface area contributed by atoms with Gasteiger partial charge in [0.15, 0.2) is 0 Å². The summed E-state index contributed by atoms with van der Waals surface area (Å²) in [4.78, 5) is 7.54. The predicted molar refractivity (Wildman–Crippen MR) is 72.2 cm³/mol. The molecule has 100 valence electrons. The lowest BCUT2D eigenvalue weighted by Gasteiger charge is -2.46. The van der Waals surface area contributed by atoms with E-state index in [1.165, 1.54) is 58.5 Å². The molecule has 2 fully saturated rings.